The number of amides is 1. The van der Waals surface area contributed by atoms with Gasteiger partial charge in [-0.05, 0) is 64.8 Å². The van der Waals surface area contributed by atoms with Gasteiger partial charge in [-0.3, -0.25) is 4.79 Å². The molecule has 0 aliphatic rings. The molecule has 132 valence electrons. The Hall–Kier alpha value is -2.34. The highest BCUT2D eigenvalue weighted by molar-refractivity contribution is 9.10. The number of unbranched alkanes of at least 4 members (excludes halogenated alkanes) is 1. The second-order valence-corrected chi connectivity index (χ2v) is 6.22. The zero-order chi connectivity index (χ0) is 18.2. The number of esters is 1. The Morgan fingerprint density at radius 2 is 1.84 bits per heavy atom. The molecule has 5 nitrogen and oxygen atoms in total. The Morgan fingerprint density at radius 1 is 1.12 bits per heavy atom. The summed E-state index contributed by atoms with van der Waals surface area (Å²) in [5.74, 6) is -0.0376. The first kappa shape index (κ1) is 19.0. The molecule has 25 heavy (non-hydrogen) atoms. The van der Waals surface area contributed by atoms with Crippen LogP contribution in [0, 0.1) is 0 Å². The summed E-state index contributed by atoms with van der Waals surface area (Å²) in [6, 6.07) is 11.8. The van der Waals surface area contributed by atoms with Crippen LogP contribution in [0.3, 0.4) is 0 Å². The first-order valence-electron chi connectivity index (χ1n) is 7.97. The molecule has 1 N–H and O–H groups in total. The van der Waals surface area contributed by atoms with E-state index in [0.29, 0.717) is 33.6 Å². The van der Waals surface area contributed by atoms with Gasteiger partial charge in [-0.15, -0.1) is 0 Å². The molecule has 2 aromatic rings. The minimum absolute atomic E-state index is 0.274. The van der Waals surface area contributed by atoms with Gasteiger partial charge in [0.25, 0.3) is 5.91 Å². The Kier molecular flexibility index (Phi) is 7.01. The van der Waals surface area contributed by atoms with Crippen molar-refractivity contribution in [3.05, 3.63) is 58.1 Å². The van der Waals surface area contributed by atoms with E-state index >= 15 is 0 Å². The Bertz CT molecular complexity index is 744. The molecule has 0 aliphatic carbocycles. The zero-order valence-electron chi connectivity index (χ0n) is 14.2. The number of nitrogens with one attached hydrogen (secondary N) is 1. The van der Waals surface area contributed by atoms with Gasteiger partial charge in [-0.25, -0.2) is 4.79 Å². The monoisotopic (exact) mass is 405 g/mol. The standard InChI is InChI=1S/C19H20BrNO4/c1-3-4-11-25-19(23)13-5-7-14(8-6-13)21-18(22)16-12-15(24-2)9-10-17(16)20/h5-10,12H,3-4,11H2,1-2H3,(H,21,22). The van der Waals surface area contributed by atoms with Gasteiger partial charge in [0, 0.05) is 10.2 Å². The molecule has 0 fully saturated rings. The molecule has 0 heterocycles. The number of anilines is 1. The van der Waals surface area contributed by atoms with Crippen molar-refractivity contribution in [2.45, 2.75) is 19.8 Å². The number of ether oxygens (including phenoxy) is 2. The topological polar surface area (TPSA) is 64.6 Å². The second-order valence-electron chi connectivity index (χ2n) is 5.37. The van der Waals surface area contributed by atoms with Crippen molar-refractivity contribution in [1.82, 2.24) is 0 Å². The number of hydrogen-bond acceptors (Lipinski definition) is 4. The number of methoxy groups -OCH3 is 1. The van der Waals surface area contributed by atoms with Crippen molar-refractivity contribution in [3.63, 3.8) is 0 Å². The predicted molar refractivity (Wildman–Crippen MR) is 100 cm³/mol. The minimum Gasteiger partial charge on any atom is -0.497 e. The van der Waals surface area contributed by atoms with Crippen molar-refractivity contribution >= 4 is 33.5 Å². The molecule has 0 aromatic heterocycles. The van der Waals surface area contributed by atoms with Gasteiger partial charge < -0.3 is 14.8 Å². The number of hydrogen-bond donors (Lipinski definition) is 1. The van der Waals surface area contributed by atoms with Crippen LogP contribution in [0.4, 0.5) is 5.69 Å². The second kappa shape index (κ2) is 9.22. The molecule has 0 atom stereocenters. The maximum absolute atomic E-state index is 12.4. The third-order valence-electron chi connectivity index (χ3n) is 3.53. The number of rotatable bonds is 7. The summed E-state index contributed by atoms with van der Waals surface area (Å²) >= 11 is 3.36. The SMILES string of the molecule is CCCCOC(=O)c1ccc(NC(=O)c2cc(OC)ccc2Br)cc1. The largest absolute Gasteiger partial charge is 0.497 e. The van der Waals surface area contributed by atoms with Crippen LogP contribution >= 0.6 is 15.9 Å². The van der Waals surface area contributed by atoms with Crippen LogP contribution in [0.15, 0.2) is 46.9 Å². The van der Waals surface area contributed by atoms with E-state index in [1.54, 1.807) is 49.6 Å². The fourth-order valence-corrected chi connectivity index (χ4v) is 2.51. The van der Waals surface area contributed by atoms with Gasteiger partial charge in [0.2, 0.25) is 0 Å². The fraction of sp³-hybridized carbons (Fsp3) is 0.263. The third-order valence-corrected chi connectivity index (χ3v) is 4.22. The molecular formula is C19H20BrNO4. The Balaban J connectivity index is 2.03. The van der Waals surface area contributed by atoms with Crippen LogP contribution in [0.5, 0.6) is 5.75 Å². The molecule has 0 bridgehead atoms. The van der Waals surface area contributed by atoms with E-state index in [1.165, 1.54) is 0 Å². The van der Waals surface area contributed by atoms with Crippen LogP contribution in [-0.4, -0.2) is 25.6 Å². The van der Waals surface area contributed by atoms with Crippen LogP contribution in [0.1, 0.15) is 40.5 Å². The number of carbonyl (C=O) groups is 2. The summed E-state index contributed by atoms with van der Waals surface area (Å²) in [5.41, 5.74) is 1.50. The quantitative estimate of drug-likeness (QED) is 0.536. The average Bonchev–Trinajstić information content (AvgIpc) is 2.62. The summed E-state index contributed by atoms with van der Waals surface area (Å²) in [6.07, 6.45) is 1.81. The number of halogens is 1. The van der Waals surface area contributed by atoms with Gasteiger partial charge >= 0.3 is 5.97 Å². The first-order valence-corrected chi connectivity index (χ1v) is 8.76. The Labute approximate surface area is 155 Å². The summed E-state index contributed by atoms with van der Waals surface area (Å²) in [7, 11) is 1.54. The summed E-state index contributed by atoms with van der Waals surface area (Å²) in [5, 5.41) is 2.79. The molecule has 1 amide bonds. The lowest BCUT2D eigenvalue weighted by Crippen LogP contribution is -2.13. The van der Waals surface area contributed by atoms with Crippen molar-refractivity contribution in [3.8, 4) is 5.75 Å². The molecule has 0 aliphatic heterocycles. The first-order chi connectivity index (χ1) is 12.0. The number of benzene rings is 2. The summed E-state index contributed by atoms with van der Waals surface area (Å²) in [4.78, 5) is 24.3. The van der Waals surface area contributed by atoms with E-state index in [1.807, 2.05) is 6.92 Å². The van der Waals surface area contributed by atoms with Crippen LogP contribution < -0.4 is 10.1 Å². The predicted octanol–water partition coefficient (Wildman–Crippen LogP) is 4.67. The van der Waals surface area contributed by atoms with Crippen molar-refractivity contribution in [2.75, 3.05) is 19.0 Å². The van der Waals surface area contributed by atoms with E-state index in [2.05, 4.69) is 21.2 Å². The molecule has 6 heteroatoms. The molecule has 0 unspecified atom stereocenters. The molecule has 0 spiro atoms. The number of carbonyl (C=O) groups excluding carboxylic acids is 2. The van der Waals surface area contributed by atoms with Gasteiger partial charge in [-0.2, -0.15) is 0 Å². The summed E-state index contributed by atoms with van der Waals surface area (Å²) < 4.78 is 11.0. The lowest BCUT2D eigenvalue weighted by molar-refractivity contribution is 0.0499. The maximum Gasteiger partial charge on any atom is 0.338 e. The molecule has 2 aromatic carbocycles. The van der Waals surface area contributed by atoms with Gasteiger partial charge in [0.1, 0.15) is 5.75 Å². The van der Waals surface area contributed by atoms with Crippen molar-refractivity contribution in [1.29, 1.82) is 0 Å². The maximum atomic E-state index is 12.4. The molecule has 0 saturated carbocycles. The highest BCUT2D eigenvalue weighted by atomic mass is 79.9. The zero-order valence-corrected chi connectivity index (χ0v) is 15.8. The fourth-order valence-electron chi connectivity index (χ4n) is 2.09. The summed E-state index contributed by atoms with van der Waals surface area (Å²) in [6.45, 7) is 2.45. The van der Waals surface area contributed by atoms with Crippen LogP contribution in [0.2, 0.25) is 0 Å². The van der Waals surface area contributed by atoms with E-state index in [0.717, 1.165) is 12.8 Å². The van der Waals surface area contributed by atoms with E-state index in [9.17, 15) is 9.59 Å². The van der Waals surface area contributed by atoms with Gasteiger partial charge in [0.15, 0.2) is 0 Å². The highest BCUT2D eigenvalue weighted by Gasteiger charge is 2.12. The highest BCUT2D eigenvalue weighted by Crippen LogP contribution is 2.23. The Morgan fingerprint density at radius 3 is 2.48 bits per heavy atom. The molecule has 2 rings (SSSR count). The van der Waals surface area contributed by atoms with Crippen LogP contribution in [-0.2, 0) is 4.74 Å². The van der Waals surface area contributed by atoms with Crippen molar-refractivity contribution in [2.24, 2.45) is 0 Å². The molecule has 0 saturated heterocycles. The average molecular weight is 406 g/mol. The van der Waals surface area contributed by atoms with Gasteiger partial charge in [0.05, 0.1) is 24.8 Å². The van der Waals surface area contributed by atoms with Gasteiger partial charge in [-0.1, -0.05) is 13.3 Å². The molecule has 0 radical (unpaired) electrons. The lowest BCUT2D eigenvalue weighted by atomic mass is 10.1. The van der Waals surface area contributed by atoms with Crippen LogP contribution in [0.25, 0.3) is 0 Å². The lowest BCUT2D eigenvalue weighted by Gasteiger charge is -2.09. The smallest absolute Gasteiger partial charge is 0.338 e. The molecular weight excluding hydrogens is 386 g/mol. The third kappa shape index (κ3) is 5.32. The van der Waals surface area contributed by atoms with E-state index < -0.39 is 0 Å². The minimum atomic E-state index is -0.359. The normalized spacial score (nSPS) is 10.2. The van der Waals surface area contributed by atoms with E-state index in [4.69, 9.17) is 9.47 Å². The van der Waals surface area contributed by atoms with E-state index in [-0.39, 0.29) is 11.9 Å². The van der Waals surface area contributed by atoms with Crippen molar-refractivity contribution < 1.29 is 19.1 Å².